The predicted molar refractivity (Wildman–Crippen MR) is 59.8 cm³/mol. The van der Waals surface area contributed by atoms with Crippen molar-refractivity contribution in [3.63, 3.8) is 0 Å². The molecule has 0 radical (unpaired) electrons. The van der Waals surface area contributed by atoms with Gasteiger partial charge in [0.05, 0.1) is 6.04 Å². The topological polar surface area (TPSA) is 77.0 Å². The molecule has 0 amide bonds. The first-order valence-corrected chi connectivity index (χ1v) is 6.09. The Hall–Kier alpha value is -1.10. The van der Waals surface area contributed by atoms with Crippen molar-refractivity contribution in [3.05, 3.63) is 5.89 Å². The van der Waals surface area contributed by atoms with Gasteiger partial charge in [-0.15, -0.1) is 5.10 Å². The monoisotopic (exact) mass is 222 g/mol. The molecule has 1 aromatic heterocycles. The van der Waals surface area contributed by atoms with Crippen LogP contribution in [0.5, 0.6) is 0 Å². The fraction of sp³-hybridized carbons (Fsp3) is 0.818. The smallest absolute Gasteiger partial charge is 0.315 e. The fourth-order valence-corrected chi connectivity index (χ4v) is 2.15. The van der Waals surface area contributed by atoms with Gasteiger partial charge in [0.1, 0.15) is 0 Å². The lowest BCUT2D eigenvalue weighted by atomic mass is 10.1. The molecule has 3 rings (SSSR count). The van der Waals surface area contributed by atoms with Gasteiger partial charge in [-0.3, -0.25) is 0 Å². The summed E-state index contributed by atoms with van der Waals surface area (Å²) in [4.78, 5) is 0. The second-order valence-electron chi connectivity index (χ2n) is 5.08. The van der Waals surface area contributed by atoms with E-state index in [1.165, 1.54) is 25.7 Å². The summed E-state index contributed by atoms with van der Waals surface area (Å²) in [6.07, 6.45) is 5.34. The Balaban J connectivity index is 1.66. The normalized spacial score (nSPS) is 22.4. The Morgan fingerprint density at radius 2 is 1.88 bits per heavy atom. The lowest BCUT2D eigenvalue weighted by molar-refractivity contribution is 0.457. The van der Waals surface area contributed by atoms with E-state index >= 15 is 0 Å². The van der Waals surface area contributed by atoms with E-state index in [0.717, 1.165) is 11.8 Å². The van der Waals surface area contributed by atoms with Gasteiger partial charge in [0, 0.05) is 6.04 Å². The minimum atomic E-state index is -0.191. The van der Waals surface area contributed by atoms with Crippen LogP contribution in [0, 0.1) is 11.8 Å². The molecule has 0 spiro atoms. The van der Waals surface area contributed by atoms with E-state index in [4.69, 9.17) is 10.2 Å². The Bertz CT molecular complexity index is 356. The molecule has 2 aliphatic carbocycles. The van der Waals surface area contributed by atoms with Crippen LogP contribution in [0.25, 0.3) is 0 Å². The Morgan fingerprint density at radius 3 is 2.31 bits per heavy atom. The third-order valence-electron chi connectivity index (χ3n) is 3.38. The molecule has 2 fully saturated rings. The first-order valence-electron chi connectivity index (χ1n) is 6.09. The zero-order valence-electron chi connectivity index (χ0n) is 9.52. The molecule has 3 N–H and O–H groups in total. The molecule has 1 unspecified atom stereocenters. The summed E-state index contributed by atoms with van der Waals surface area (Å²) >= 11 is 0. The Labute approximate surface area is 94.8 Å². The van der Waals surface area contributed by atoms with Crippen molar-refractivity contribution in [1.29, 1.82) is 0 Å². The second-order valence-corrected chi connectivity index (χ2v) is 5.08. The summed E-state index contributed by atoms with van der Waals surface area (Å²) in [5.74, 6) is 2.14. The number of nitrogens with two attached hydrogens (primary N) is 1. The first-order chi connectivity index (χ1) is 7.74. The molecular weight excluding hydrogens is 204 g/mol. The summed E-state index contributed by atoms with van der Waals surface area (Å²) in [5, 5.41) is 11.3. The second kappa shape index (κ2) is 3.73. The van der Waals surface area contributed by atoms with E-state index in [2.05, 4.69) is 15.5 Å². The van der Waals surface area contributed by atoms with Crippen molar-refractivity contribution in [2.75, 3.05) is 5.32 Å². The maximum absolute atomic E-state index is 5.68. The van der Waals surface area contributed by atoms with Gasteiger partial charge < -0.3 is 15.5 Å². The van der Waals surface area contributed by atoms with Crippen LogP contribution in [-0.2, 0) is 0 Å². The molecule has 0 bridgehead atoms. The summed E-state index contributed by atoms with van der Waals surface area (Å²) in [5.41, 5.74) is 5.68. The Kier molecular flexibility index (Phi) is 2.35. The van der Waals surface area contributed by atoms with Crippen LogP contribution in [0.4, 0.5) is 6.01 Å². The highest BCUT2D eigenvalue weighted by Crippen LogP contribution is 2.45. The molecule has 5 nitrogen and oxygen atoms in total. The standard InChI is InChI=1S/C11H18N4O/c1-6(12)10-14-15-11(16-10)13-9(7-2-3-7)8-4-5-8/h6-9H,2-5,12H2,1H3,(H,13,15). The van der Waals surface area contributed by atoms with E-state index in [1.807, 2.05) is 6.92 Å². The molecule has 1 atom stereocenters. The highest BCUT2D eigenvalue weighted by atomic mass is 16.4. The SMILES string of the molecule is CC(N)c1nnc(NC(C2CC2)C2CC2)o1. The van der Waals surface area contributed by atoms with Crippen molar-refractivity contribution in [2.24, 2.45) is 17.6 Å². The lowest BCUT2D eigenvalue weighted by Crippen LogP contribution is -2.24. The van der Waals surface area contributed by atoms with Crippen LogP contribution < -0.4 is 11.1 Å². The van der Waals surface area contributed by atoms with Crippen LogP contribution in [0.15, 0.2) is 4.42 Å². The molecule has 2 saturated carbocycles. The van der Waals surface area contributed by atoms with Crippen molar-refractivity contribution < 1.29 is 4.42 Å². The number of aromatic nitrogens is 2. The minimum Gasteiger partial charge on any atom is -0.406 e. The van der Waals surface area contributed by atoms with Crippen LogP contribution in [0.2, 0.25) is 0 Å². The summed E-state index contributed by atoms with van der Waals surface area (Å²) < 4.78 is 5.47. The maximum atomic E-state index is 5.68. The highest BCUT2D eigenvalue weighted by Gasteiger charge is 2.42. The number of nitrogens with zero attached hydrogens (tertiary/aromatic N) is 2. The van der Waals surface area contributed by atoms with Crippen LogP contribution in [0.3, 0.4) is 0 Å². The van der Waals surface area contributed by atoms with Crippen molar-refractivity contribution in [3.8, 4) is 0 Å². The molecular formula is C11H18N4O. The van der Waals surface area contributed by atoms with E-state index in [9.17, 15) is 0 Å². The molecule has 0 aliphatic heterocycles. The average molecular weight is 222 g/mol. The summed E-state index contributed by atoms with van der Waals surface area (Å²) in [6, 6.07) is 0.890. The van der Waals surface area contributed by atoms with Crippen LogP contribution >= 0.6 is 0 Å². The molecule has 88 valence electrons. The van der Waals surface area contributed by atoms with Crippen molar-refractivity contribution >= 4 is 6.01 Å². The highest BCUT2D eigenvalue weighted by molar-refractivity contribution is 5.23. The lowest BCUT2D eigenvalue weighted by Gasteiger charge is -2.15. The number of anilines is 1. The van der Waals surface area contributed by atoms with E-state index in [1.54, 1.807) is 0 Å². The van der Waals surface area contributed by atoms with Gasteiger partial charge in [-0.2, -0.15) is 0 Å². The largest absolute Gasteiger partial charge is 0.406 e. The van der Waals surface area contributed by atoms with Crippen molar-refractivity contribution in [2.45, 2.75) is 44.7 Å². The molecule has 16 heavy (non-hydrogen) atoms. The van der Waals surface area contributed by atoms with Crippen LogP contribution in [0.1, 0.15) is 44.5 Å². The van der Waals surface area contributed by atoms with Gasteiger partial charge in [0.2, 0.25) is 5.89 Å². The molecule has 1 heterocycles. The van der Waals surface area contributed by atoms with Gasteiger partial charge in [-0.1, -0.05) is 5.10 Å². The molecule has 0 aromatic carbocycles. The van der Waals surface area contributed by atoms with E-state index in [-0.39, 0.29) is 6.04 Å². The van der Waals surface area contributed by atoms with Gasteiger partial charge >= 0.3 is 6.01 Å². The molecule has 5 heteroatoms. The number of rotatable bonds is 5. The average Bonchev–Trinajstić information content (AvgIpc) is 3.15. The quantitative estimate of drug-likeness (QED) is 0.792. The number of hydrogen-bond acceptors (Lipinski definition) is 5. The van der Waals surface area contributed by atoms with E-state index in [0.29, 0.717) is 17.9 Å². The van der Waals surface area contributed by atoms with E-state index < -0.39 is 0 Å². The van der Waals surface area contributed by atoms with Gasteiger partial charge in [-0.05, 0) is 44.4 Å². The zero-order chi connectivity index (χ0) is 11.1. The summed E-state index contributed by atoms with van der Waals surface area (Å²) in [7, 11) is 0. The minimum absolute atomic E-state index is 0.191. The molecule has 2 aliphatic rings. The van der Waals surface area contributed by atoms with Gasteiger partial charge in [0.25, 0.3) is 0 Å². The predicted octanol–water partition coefficient (Wildman–Crippen LogP) is 1.69. The fourth-order valence-electron chi connectivity index (χ4n) is 2.15. The number of hydrogen-bond donors (Lipinski definition) is 2. The molecule has 0 saturated heterocycles. The number of nitrogens with one attached hydrogen (secondary N) is 1. The van der Waals surface area contributed by atoms with Gasteiger partial charge in [0.15, 0.2) is 0 Å². The third-order valence-corrected chi connectivity index (χ3v) is 3.38. The zero-order valence-corrected chi connectivity index (χ0v) is 9.52. The summed E-state index contributed by atoms with van der Waals surface area (Å²) in [6.45, 7) is 1.84. The third kappa shape index (κ3) is 2.04. The molecule has 1 aromatic rings. The maximum Gasteiger partial charge on any atom is 0.315 e. The first kappa shape index (κ1) is 10.1. The van der Waals surface area contributed by atoms with Gasteiger partial charge in [-0.25, -0.2) is 0 Å². The van der Waals surface area contributed by atoms with Crippen LogP contribution in [-0.4, -0.2) is 16.2 Å². The van der Waals surface area contributed by atoms with Crippen molar-refractivity contribution in [1.82, 2.24) is 10.2 Å². The Morgan fingerprint density at radius 1 is 1.25 bits per heavy atom.